The SMILES string of the molecule is CC(C)(C)c1cc(Br)cc([Si](C)(C)C)c1. The van der Waals surface area contributed by atoms with Gasteiger partial charge in [-0.3, -0.25) is 0 Å². The third-order valence-electron chi connectivity index (χ3n) is 2.63. The third kappa shape index (κ3) is 3.46. The number of hydrogen-bond donors (Lipinski definition) is 0. The molecule has 0 spiro atoms. The van der Waals surface area contributed by atoms with Gasteiger partial charge < -0.3 is 0 Å². The van der Waals surface area contributed by atoms with E-state index in [-0.39, 0.29) is 5.41 Å². The van der Waals surface area contributed by atoms with Crippen LogP contribution in [0.2, 0.25) is 19.6 Å². The molecule has 0 N–H and O–H groups in total. The van der Waals surface area contributed by atoms with Gasteiger partial charge in [0.05, 0.1) is 8.07 Å². The molecule has 2 heteroatoms. The quantitative estimate of drug-likeness (QED) is 0.675. The molecule has 0 saturated carbocycles. The van der Waals surface area contributed by atoms with Crippen molar-refractivity contribution in [3.8, 4) is 0 Å². The summed E-state index contributed by atoms with van der Waals surface area (Å²) in [6, 6.07) is 6.90. The Hall–Kier alpha value is -0.0831. The maximum Gasteiger partial charge on any atom is 0.0776 e. The first-order valence-corrected chi connectivity index (χ1v) is 9.71. The van der Waals surface area contributed by atoms with Crippen molar-refractivity contribution < 1.29 is 0 Å². The van der Waals surface area contributed by atoms with E-state index in [0.29, 0.717) is 0 Å². The fourth-order valence-corrected chi connectivity index (χ4v) is 3.34. The minimum absolute atomic E-state index is 0.234. The van der Waals surface area contributed by atoms with Crippen molar-refractivity contribution in [2.45, 2.75) is 45.8 Å². The fourth-order valence-electron chi connectivity index (χ4n) is 1.46. The third-order valence-corrected chi connectivity index (χ3v) is 5.11. The molecule has 0 aliphatic carbocycles. The van der Waals surface area contributed by atoms with Gasteiger partial charge >= 0.3 is 0 Å². The number of benzene rings is 1. The van der Waals surface area contributed by atoms with Gasteiger partial charge in [-0.1, -0.05) is 67.6 Å². The van der Waals surface area contributed by atoms with E-state index in [4.69, 9.17) is 0 Å². The Morgan fingerprint density at radius 2 is 1.53 bits per heavy atom. The van der Waals surface area contributed by atoms with Crippen LogP contribution in [-0.2, 0) is 5.41 Å². The molecule has 1 rings (SSSR count). The van der Waals surface area contributed by atoms with E-state index in [0.717, 1.165) is 0 Å². The molecule has 0 atom stereocenters. The first kappa shape index (κ1) is 13.0. The Balaban J connectivity index is 3.30. The first-order valence-electron chi connectivity index (χ1n) is 5.42. The summed E-state index contributed by atoms with van der Waals surface area (Å²) < 4.78 is 1.22. The zero-order valence-corrected chi connectivity index (χ0v) is 13.2. The Labute approximate surface area is 103 Å². The van der Waals surface area contributed by atoms with Gasteiger partial charge in [-0.15, -0.1) is 0 Å². The number of halogens is 1. The first-order chi connectivity index (χ1) is 6.60. The van der Waals surface area contributed by atoms with Gasteiger partial charge in [-0.25, -0.2) is 0 Å². The molecule has 0 nitrogen and oxygen atoms in total. The highest BCUT2D eigenvalue weighted by atomic mass is 79.9. The summed E-state index contributed by atoms with van der Waals surface area (Å²) >= 11 is 3.62. The van der Waals surface area contributed by atoms with Gasteiger partial charge in [0.15, 0.2) is 0 Å². The summed E-state index contributed by atoms with van der Waals surface area (Å²) in [5.41, 5.74) is 1.66. The van der Waals surface area contributed by atoms with E-state index >= 15 is 0 Å². The van der Waals surface area contributed by atoms with E-state index < -0.39 is 8.07 Å². The number of hydrogen-bond acceptors (Lipinski definition) is 0. The Kier molecular flexibility index (Phi) is 3.51. The summed E-state index contributed by atoms with van der Waals surface area (Å²) in [7, 11) is -1.20. The zero-order valence-electron chi connectivity index (χ0n) is 10.6. The Morgan fingerprint density at radius 1 is 1.00 bits per heavy atom. The molecule has 0 fully saturated rings. The largest absolute Gasteiger partial charge is 0.0776 e. The molecular formula is C13H21BrSi. The minimum atomic E-state index is -1.20. The van der Waals surface area contributed by atoms with E-state index in [2.05, 4.69) is 74.5 Å². The summed E-state index contributed by atoms with van der Waals surface area (Å²) in [5.74, 6) is 0. The monoisotopic (exact) mass is 284 g/mol. The topological polar surface area (TPSA) is 0 Å². The highest BCUT2D eigenvalue weighted by Gasteiger charge is 2.21. The van der Waals surface area contributed by atoms with Crippen LogP contribution in [0.1, 0.15) is 26.3 Å². The van der Waals surface area contributed by atoms with Crippen LogP contribution < -0.4 is 5.19 Å². The molecule has 0 saturated heterocycles. The van der Waals surface area contributed by atoms with E-state index in [9.17, 15) is 0 Å². The summed E-state index contributed by atoms with van der Waals surface area (Å²) in [6.45, 7) is 14.0. The molecule has 0 radical (unpaired) electrons. The maximum atomic E-state index is 3.62. The average molecular weight is 285 g/mol. The standard InChI is InChI=1S/C13H21BrSi/c1-13(2,3)10-7-11(14)9-12(8-10)15(4,5)6/h7-9H,1-6H3. The highest BCUT2D eigenvalue weighted by Crippen LogP contribution is 2.25. The van der Waals surface area contributed by atoms with Crippen molar-refractivity contribution in [3.05, 3.63) is 28.2 Å². The maximum absolute atomic E-state index is 3.62. The van der Waals surface area contributed by atoms with Crippen molar-refractivity contribution >= 4 is 29.2 Å². The van der Waals surface area contributed by atoms with Crippen molar-refractivity contribution in [3.63, 3.8) is 0 Å². The second-order valence-electron chi connectivity index (χ2n) is 6.23. The van der Waals surface area contributed by atoms with Crippen LogP contribution in [0.25, 0.3) is 0 Å². The second-order valence-corrected chi connectivity index (χ2v) is 12.2. The normalized spacial score (nSPS) is 13.0. The van der Waals surface area contributed by atoms with E-state index in [1.165, 1.54) is 15.2 Å². The van der Waals surface area contributed by atoms with E-state index in [1.54, 1.807) is 0 Å². The van der Waals surface area contributed by atoms with Crippen LogP contribution >= 0.6 is 15.9 Å². The van der Waals surface area contributed by atoms with Crippen LogP contribution in [0.15, 0.2) is 22.7 Å². The predicted molar refractivity (Wildman–Crippen MR) is 75.8 cm³/mol. The molecule has 0 aliphatic rings. The molecule has 15 heavy (non-hydrogen) atoms. The van der Waals surface area contributed by atoms with Crippen molar-refractivity contribution in [2.24, 2.45) is 0 Å². The Bertz CT molecular complexity index is 324. The highest BCUT2D eigenvalue weighted by molar-refractivity contribution is 9.10. The van der Waals surface area contributed by atoms with Gasteiger partial charge in [0.2, 0.25) is 0 Å². The predicted octanol–water partition coefficient (Wildman–Crippen LogP) is 4.29. The molecule has 0 bridgehead atoms. The Morgan fingerprint density at radius 3 is 1.93 bits per heavy atom. The average Bonchev–Trinajstić information content (AvgIpc) is 1.99. The molecule has 0 heterocycles. The van der Waals surface area contributed by atoms with Crippen molar-refractivity contribution in [2.75, 3.05) is 0 Å². The zero-order chi connectivity index (χ0) is 11.9. The molecule has 84 valence electrons. The van der Waals surface area contributed by atoms with Crippen LogP contribution in [-0.4, -0.2) is 8.07 Å². The molecule has 0 aromatic heterocycles. The second kappa shape index (κ2) is 4.06. The molecular weight excluding hydrogens is 264 g/mol. The fraction of sp³-hybridized carbons (Fsp3) is 0.538. The van der Waals surface area contributed by atoms with Crippen molar-refractivity contribution in [1.29, 1.82) is 0 Å². The molecule has 0 aliphatic heterocycles. The van der Waals surface area contributed by atoms with Gasteiger partial charge in [0.25, 0.3) is 0 Å². The number of rotatable bonds is 1. The lowest BCUT2D eigenvalue weighted by molar-refractivity contribution is 0.590. The summed E-state index contributed by atoms with van der Waals surface area (Å²) in [4.78, 5) is 0. The van der Waals surface area contributed by atoms with Crippen LogP contribution in [0.3, 0.4) is 0 Å². The molecule has 0 amide bonds. The minimum Gasteiger partial charge on any atom is -0.0656 e. The van der Waals surface area contributed by atoms with Crippen LogP contribution in [0.4, 0.5) is 0 Å². The summed E-state index contributed by atoms with van der Waals surface area (Å²) in [5, 5.41) is 1.53. The lowest BCUT2D eigenvalue weighted by Gasteiger charge is -2.24. The molecule has 1 aromatic rings. The smallest absolute Gasteiger partial charge is 0.0656 e. The van der Waals surface area contributed by atoms with Gasteiger partial charge in [0, 0.05) is 4.47 Å². The molecule has 0 unspecified atom stereocenters. The van der Waals surface area contributed by atoms with E-state index in [1.807, 2.05) is 0 Å². The molecule has 1 aromatic carbocycles. The van der Waals surface area contributed by atoms with Gasteiger partial charge in [-0.2, -0.15) is 0 Å². The van der Waals surface area contributed by atoms with Crippen molar-refractivity contribution in [1.82, 2.24) is 0 Å². The van der Waals surface area contributed by atoms with Crippen LogP contribution in [0.5, 0.6) is 0 Å². The lowest BCUT2D eigenvalue weighted by Crippen LogP contribution is -2.38. The van der Waals surface area contributed by atoms with Gasteiger partial charge in [0.1, 0.15) is 0 Å². The lowest BCUT2D eigenvalue weighted by atomic mass is 9.87. The van der Waals surface area contributed by atoms with Crippen LogP contribution in [0, 0.1) is 0 Å². The van der Waals surface area contributed by atoms with Gasteiger partial charge in [-0.05, 0) is 23.1 Å². The summed E-state index contributed by atoms with van der Waals surface area (Å²) in [6.07, 6.45) is 0.